The maximum Gasteiger partial charge on any atom is 0.313 e. The van der Waals surface area contributed by atoms with Crippen LogP contribution in [-0.2, 0) is 4.79 Å². The molecule has 0 aliphatic heterocycles. The van der Waals surface area contributed by atoms with Crippen LogP contribution in [0.5, 0.6) is 0 Å². The summed E-state index contributed by atoms with van der Waals surface area (Å²) >= 11 is 2.30. The molecular weight excluding hydrogens is 360 g/mol. The number of aromatic nitrogens is 3. The first-order chi connectivity index (χ1) is 12.0. The first kappa shape index (κ1) is 17.2. The van der Waals surface area contributed by atoms with Crippen molar-refractivity contribution in [3.63, 3.8) is 0 Å². The second-order valence-corrected chi connectivity index (χ2v) is 7.31. The van der Waals surface area contributed by atoms with Gasteiger partial charge in [0.15, 0.2) is 4.34 Å². The highest BCUT2D eigenvalue weighted by atomic mass is 32.2. The van der Waals surface area contributed by atoms with Crippen LogP contribution in [0.1, 0.15) is 0 Å². The molecule has 2 aromatic heterocycles. The van der Waals surface area contributed by atoms with Crippen LogP contribution < -0.4 is 4.90 Å². The molecule has 25 heavy (non-hydrogen) atoms. The Balaban J connectivity index is 1.87. The average molecular weight is 374 g/mol. The smallest absolute Gasteiger partial charge is 0.313 e. The number of thioether (sulfide) groups is 1. The molecule has 3 aromatic rings. The Morgan fingerprint density at radius 3 is 2.88 bits per heavy atom. The Bertz CT molecular complexity index is 941. The number of pyridine rings is 1. The van der Waals surface area contributed by atoms with Crippen molar-refractivity contribution in [1.29, 1.82) is 0 Å². The van der Waals surface area contributed by atoms with Crippen molar-refractivity contribution < 1.29 is 9.90 Å². The highest BCUT2D eigenvalue weighted by Crippen LogP contribution is 2.33. The molecule has 128 valence electrons. The van der Waals surface area contributed by atoms with E-state index < -0.39 is 5.97 Å². The number of anilines is 1. The van der Waals surface area contributed by atoms with Gasteiger partial charge in [-0.15, -0.1) is 20.4 Å². The van der Waals surface area contributed by atoms with Crippen LogP contribution in [0, 0.1) is 0 Å². The summed E-state index contributed by atoms with van der Waals surface area (Å²) in [6, 6.07) is 7.69. The number of hydrogen-bond acceptors (Lipinski definition) is 9. The zero-order valence-corrected chi connectivity index (χ0v) is 15.1. The highest BCUT2D eigenvalue weighted by Gasteiger charge is 2.09. The molecule has 0 spiro atoms. The average Bonchev–Trinajstić information content (AvgIpc) is 3.05. The number of nitrogens with zero attached hydrogens (tertiary/aromatic N) is 6. The zero-order valence-electron chi connectivity index (χ0n) is 13.4. The van der Waals surface area contributed by atoms with Crippen LogP contribution in [0.15, 0.2) is 45.0 Å². The number of hydrogen-bond donors (Lipinski definition) is 1. The van der Waals surface area contributed by atoms with E-state index in [0.29, 0.717) is 15.2 Å². The van der Waals surface area contributed by atoms with Crippen molar-refractivity contribution in [2.45, 2.75) is 4.34 Å². The number of aliphatic carboxylic acids is 1. The van der Waals surface area contributed by atoms with Crippen molar-refractivity contribution in [2.24, 2.45) is 10.2 Å². The number of carboxylic acid groups (broad SMARTS) is 1. The zero-order chi connectivity index (χ0) is 17.8. The molecule has 2 heterocycles. The van der Waals surface area contributed by atoms with E-state index in [4.69, 9.17) is 5.11 Å². The number of rotatable bonds is 6. The largest absolute Gasteiger partial charge is 0.481 e. The molecule has 0 fully saturated rings. The predicted octanol–water partition coefficient (Wildman–Crippen LogP) is 3.74. The van der Waals surface area contributed by atoms with Gasteiger partial charge in [0.05, 0.1) is 11.3 Å². The van der Waals surface area contributed by atoms with Gasteiger partial charge >= 0.3 is 5.97 Å². The first-order valence-corrected chi connectivity index (χ1v) is 8.99. The van der Waals surface area contributed by atoms with Gasteiger partial charge in [0.25, 0.3) is 5.13 Å². The topological polar surface area (TPSA) is 104 Å². The maximum atomic E-state index is 10.6. The van der Waals surface area contributed by atoms with Crippen LogP contribution in [-0.4, -0.2) is 46.1 Å². The fraction of sp³-hybridized carbons (Fsp3) is 0.200. The van der Waals surface area contributed by atoms with Gasteiger partial charge in [0.2, 0.25) is 0 Å². The van der Waals surface area contributed by atoms with E-state index in [1.165, 1.54) is 11.3 Å². The summed E-state index contributed by atoms with van der Waals surface area (Å²) in [7, 11) is 3.95. The molecule has 0 atom stereocenters. The molecule has 10 heteroatoms. The third-order valence-electron chi connectivity index (χ3n) is 3.17. The lowest BCUT2D eigenvalue weighted by atomic mass is 10.1. The summed E-state index contributed by atoms with van der Waals surface area (Å²) in [6.45, 7) is 0. The summed E-state index contributed by atoms with van der Waals surface area (Å²) in [5.74, 6) is -0.964. The Labute approximate surface area is 151 Å². The normalized spacial score (nSPS) is 11.3. The molecule has 0 bridgehead atoms. The van der Waals surface area contributed by atoms with Crippen molar-refractivity contribution in [3.05, 3.63) is 30.5 Å². The molecule has 0 saturated carbocycles. The fourth-order valence-electron chi connectivity index (χ4n) is 2.13. The SMILES string of the molecule is CN(C)c1ccc(N=Nc2nnc(SCC(=O)O)s2)c2ncccc12. The van der Waals surface area contributed by atoms with E-state index in [9.17, 15) is 4.79 Å². The lowest BCUT2D eigenvalue weighted by molar-refractivity contribution is -0.133. The van der Waals surface area contributed by atoms with Gasteiger partial charge in [-0.2, -0.15) is 0 Å². The van der Waals surface area contributed by atoms with E-state index in [-0.39, 0.29) is 5.75 Å². The Hall–Kier alpha value is -2.59. The van der Waals surface area contributed by atoms with E-state index in [1.807, 2.05) is 43.3 Å². The molecule has 0 unspecified atom stereocenters. The van der Waals surface area contributed by atoms with Crippen molar-refractivity contribution in [3.8, 4) is 0 Å². The molecule has 1 N–H and O–H groups in total. The van der Waals surface area contributed by atoms with Gasteiger partial charge in [-0.25, -0.2) is 0 Å². The summed E-state index contributed by atoms with van der Waals surface area (Å²) in [6.07, 6.45) is 1.71. The standard InChI is InChI=1S/C15H14N6O2S2/c1-21(2)11-6-5-10(13-9(11)4-3-7-16-13)17-18-14-19-20-15(25-14)24-8-12(22)23/h3-7H,8H2,1-2H3,(H,22,23). The maximum absolute atomic E-state index is 10.6. The van der Waals surface area contributed by atoms with Crippen LogP contribution in [0.4, 0.5) is 16.5 Å². The Kier molecular flexibility index (Phi) is 5.19. The molecule has 8 nitrogen and oxygen atoms in total. The predicted molar refractivity (Wildman–Crippen MR) is 98.5 cm³/mol. The monoisotopic (exact) mass is 374 g/mol. The van der Waals surface area contributed by atoms with E-state index in [2.05, 4.69) is 25.4 Å². The van der Waals surface area contributed by atoms with E-state index >= 15 is 0 Å². The lowest BCUT2D eigenvalue weighted by Crippen LogP contribution is -2.09. The Morgan fingerprint density at radius 2 is 2.12 bits per heavy atom. The molecular formula is C15H14N6O2S2. The fourth-order valence-corrected chi connectivity index (χ4v) is 3.52. The minimum atomic E-state index is -0.901. The van der Waals surface area contributed by atoms with E-state index in [1.54, 1.807) is 6.20 Å². The van der Waals surface area contributed by atoms with Gasteiger partial charge < -0.3 is 10.0 Å². The van der Waals surface area contributed by atoms with Gasteiger partial charge in [-0.05, 0) is 24.3 Å². The number of fused-ring (bicyclic) bond motifs is 1. The lowest BCUT2D eigenvalue weighted by Gasteiger charge is -2.15. The summed E-state index contributed by atoms with van der Waals surface area (Å²) < 4.78 is 0.544. The van der Waals surface area contributed by atoms with Crippen LogP contribution in [0.25, 0.3) is 10.9 Å². The van der Waals surface area contributed by atoms with Gasteiger partial charge in [-0.3, -0.25) is 9.78 Å². The molecule has 0 amide bonds. The summed E-state index contributed by atoms with van der Waals surface area (Å²) in [4.78, 5) is 17.0. The molecule has 0 aliphatic carbocycles. The third-order valence-corrected chi connectivity index (χ3v) is 5.09. The Morgan fingerprint density at radius 1 is 1.28 bits per heavy atom. The number of azo groups is 1. The highest BCUT2D eigenvalue weighted by molar-refractivity contribution is 8.01. The summed E-state index contributed by atoms with van der Waals surface area (Å²) in [5.41, 5.74) is 2.43. The second-order valence-electron chi connectivity index (χ2n) is 5.13. The van der Waals surface area contributed by atoms with Crippen molar-refractivity contribution >= 4 is 56.5 Å². The quantitative estimate of drug-likeness (QED) is 0.517. The molecule has 0 aliphatic rings. The van der Waals surface area contributed by atoms with E-state index in [0.717, 1.165) is 28.4 Å². The van der Waals surface area contributed by atoms with Gasteiger partial charge in [-0.1, -0.05) is 23.1 Å². The second kappa shape index (κ2) is 7.53. The molecule has 0 radical (unpaired) electrons. The van der Waals surface area contributed by atoms with Crippen molar-refractivity contribution in [2.75, 3.05) is 24.7 Å². The van der Waals surface area contributed by atoms with Gasteiger partial charge in [0, 0.05) is 31.4 Å². The molecule has 0 saturated heterocycles. The number of carboxylic acids is 1. The minimum Gasteiger partial charge on any atom is -0.481 e. The van der Waals surface area contributed by atoms with Crippen molar-refractivity contribution in [1.82, 2.24) is 15.2 Å². The van der Waals surface area contributed by atoms with Crippen LogP contribution in [0.2, 0.25) is 0 Å². The molecule has 3 rings (SSSR count). The summed E-state index contributed by atoms with van der Waals surface area (Å²) in [5, 5.41) is 26.2. The van der Waals surface area contributed by atoms with Crippen LogP contribution in [0.3, 0.4) is 0 Å². The third kappa shape index (κ3) is 4.09. The minimum absolute atomic E-state index is 0.0632. The first-order valence-electron chi connectivity index (χ1n) is 7.19. The number of benzene rings is 1. The van der Waals surface area contributed by atoms with Crippen LogP contribution >= 0.6 is 23.1 Å². The number of carbonyl (C=O) groups is 1. The molecule has 1 aromatic carbocycles. The van der Waals surface area contributed by atoms with Gasteiger partial charge in [0.1, 0.15) is 5.69 Å².